The Morgan fingerprint density at radius 1 is 0.273 bits per heavy atom. The van der Waals surface area contributed by atoms with Gasteiger partial charge in [-0.1, -0.05) is 124 Å². The Bertz CT molecular complexity index is 303. The zero-order chi connectivity index (χ0) is 23.6. The zero-order valence-electron chi connectivity index (χ0n) is 23.9. The molecule has 0 heterocycles. The summed E-state index contributed by atoms with van der Waals surface area (Å²) in [5, 5.41) is 0. The first kappa shape index (κ1) is 35.4. The van der Waals surface area contributed by atoms with Crippen LogP contribution in [0.2, 0.25) is 0 Å². The monoisotopic (exact) mass is 487 g/mol. The smallest absolute Gasteiger partial charge is 0.0786 e. The summed E-state index contributed by atoms with van der Waals surface area (Å²) in [4.78, 5) is 0. The molecule has 0 aromatic rings. The molecule has 0 atom stereocenters. The van der Waals surface area contributed by atoms with Crippen LogP contribution in [0.5, 0.6) is 0 Å². The van der Waals surface area contributed by atoms with Gasteiger partial charge in [-0.2, -0.15) is 0 Å². The van der Waals surface area contributed by atoms with Crippen LogP contribution >= 0.6 is 0 Å². The quantitative estimate of drug-likeness (QED) is 0.0816. The fourth-order valence-electron chi connectivity index (χ4n) is 5.40. The maximum absolute atomic E-state index is 2.34. The number of hydrogen-bond donors (Lipinski definition) is 0. The second-order valence-electron chi connectivity index (χ2n) is 11.0. The molecule has 0 saturated carbocycles. The van der Waals surface area contributed by atoms with E-state index in [1.54, 1.807) is 0 Å². The third-order valence-corrected chi connectivity index (χ3v) is 7.69. The molecule has 33 heavy (non-hydrogen) atoms. The highest BCUT2D eigenvalue weighted by Crippen LogP contribution is 2.20. The van der Waals surface area contributed by atoms with Gasteiger partial charge in [-0.25, -0.2) is 0 Å². The van der Waals surface area contributed by atoms with Gasteiger partial charge in [0.05, 0.1) is 26.2 Å². The maximum atomic E-state index is 2.34. The van der Waals surface area contributed by atoms with E-state index >= 15 is 0 Å². The first-order valence-corrected chi connectivity index (χ1v) is 15.6. The fourth-order valence-corrected chi connectivity index (χ4v) is 5.40. The molecule has 0 saturated heterocycles. The van der Waals surface area contributed by atoms with E-state index in [4.69, 9.17) is 0 Å². The average Bonchev–Trinajstić information content (AvgIpc) is 2.80. The normalized spacial score (nSPS) is 11.6. The van der Waals surface area contributed by atoms with E-state index in [-0.39, 0.29) is 12.4 Å². The van der Waals surface area contributed by atoms with Crippen molar-refractivity contribution in [3.8, 4) is 0 Å². The zero-order valence-corrected chi connectivity index (χ0v) is 24.7. The van der Waals surface area contributed by atoms with Crippen LogP contribution in [0, 0.1) is 0 Å². The molecule has 0 spiro atoms. The molecule has 0 aromatic carbocycles. The second-order valence-corrected chi connectivity index (χ2v) is 11.0. The highest BCUT2D eigenvalue weighted by atomic mass is 35.5. The average molecular weight is 488 g/mol. The van der Waals surface area contributed by atoms with E-state index in [0.717, 1.165) is 0 Å². The summed E-state index contributed by atoms with van der Waals surface area (Å²) in [6, 6.07) is 0. The van der Waals surface area contributed by atoms with Crippen molar-refractivity contribution in [2.75, 3.05) is 26.2 Å². The van der Waals surface area contributed by atoms with Crippen LogP contribution in [0.4, 0.5) is 0 Å². The van der Waals surface area contributed by atoms with Crippen molar-refractivity contribution in [2.24, 2.45) is 0 Å². The molecule has 0 aliphatic heterocycles. The van der Waals surface area contributed by atoms with Crippen LogP contribution in [0.25, 0.3) is 0 Å². The molecule has 1 nitrogen and oxygen atoms in total. The molecule has 0 amide bonds. The molecule has 0 fully saturated rings. The molecule has 0 aromatic heterocycles. The summed E-state index contributed by atoms with van der Waals surface area (Å²) < 4.78 is 1.47. The lowest BCUT2D eigenvalue weighted by atomic mass is 10.0. The Morgan fingerprint density at radius 2 is 0.455 bits per heavy atom. The summed E-state index contributed by atoms with van der Waals surface area (Å²) in [5.41, 5.74) is 0. The standard InChI is InChI=1S/C31H66N.ClH/c1-5-9-13-17-21-25-29-32(28-24-20-16-12-8-4,30-26-22-18-14-10-6-2)31-27-23-19-15-11-7-3;/h5-31H2,1-4H3;1H/q+1;/p-1. The lowest BCUT2D eigenvalue weighted by Crippen LogP contribution is -3.00. The Balaban J connectivity index is 0. The van der Waals surface area contributed by atoms with Crippen LogP contribution in [0.15, 0.2) is 0 Å². The summed E-state index contributed by atoms with van der Waals surface area (Å²) in [5.74, 6) is 0. The number of hydrogen-bond acceptors (Lipinski definition) is 0. The molecule has 0 N–H and O–H groups in total. The molecular weight excluding hydrogens is 422 g/mol. The van der Waals surface area contributed by atoms with Gasteiger partial charge < -0.3 is 16.9 Å². The largest absolute Gasteiger partial charge is 1.00 e. The van der Waals surface area contributed by atoms with Gasteiger partial charge in [0.25, 0.3) is 0 Å². The van der Waals surface area contributed by atoms with Gasteiger partial charge in [-0.05, 0) is 51.4 Å². The number of halogens is 1. The lowest BCUT2D eigenvalue weighted by molar-refractivity contribution is -0.929. The van der Waals surface area contributed by atoms with Crippen molar-refractivity contribution in [1.82, 2.24) is 0 Å². The van der Waals surface area contributed by atoms with Gasteiger partial charge in [0, 0.05) is 0 Å². The molecular formula is C31H66ClN. The van der Waals surface area contributed by atoms with Gasteiger partial charge in [0.1, 0.15) is 0 Å². The Morgan fingerprint density at radius 3 is 0.667 bits per heavy atom. The minimum atomic E-state index is 0. The lowest BCUT2D eigenvalue weighted by Gasteiger charge is -2.40. The van der Waals surface area contributed by atoms with E-state index in [1.807, 2.05) is 0 Å². The number of nitrogens with zero attached hydrogens (tertiary/aromatic N) is 1. The SMILES string of the molecule is CCCCCCCC[N+](CCCCCCC)(CCCCCCCC)CCCCCCCC.[Cl-]. The second kappa shape index (κ2) is 28.5. The molecule has 0 aliphatic rings. The predicted octanol–water partition coefficient (Wildman–Crippen LogP) is 7.86. The van der Waals surface area contributed by atoms with Gasteiger partial charge in [0.2, 0.25) is 0 Å². The first-order valence-electron chi connectivity index (χ1n) is 15.6. The van der Waals surface area contributed by atoms with E-state index in [9.17, 15) is 0 Å². The minimum absolute atomic E-state index is 0. The van der Waals surface area contributed by atoms with Gasteiger partial charge in [0.15, 0.2) is 0 Å². The van der Waals surface area contributed by atoms with Crippen LogP contribution in [0.1, 0.15) is 175 Å². The number of rotatable bonds is 27. The Hall–Kier alpha value is 0.250. The van der Waals surface area contributed by atoms with E-state index < -0.39 is 0 Å². The fraction of sp³-hybridized carbons (Fsp3) is 1.00. The van der Waals surface area contributed by atoms with Gasteiger partial charge >= 0.3 is 0 Å². The molecule has 0 bridgehead atoms. The van der Waals surface area contributed by atoms with Crippen molar-refractivity contribution >= 4 is 0 Å². The molecule has 202 valence electrons. The number of quaternary nitrogens is 1. The van der Waals surface area contributed by atoms with Crippen LogP contribution in [0.3, 0.4) is 0 Å². The topological polar surface area (TPSA) is 0 Å². The molecule has 2 heteroatoms. The summed E-state index contributed by atoms with van der Waals surface area (Å²) in [6.07, 6.45) is 33.3. The van der Waals surface area contributed by atoms with Crippen molar-refractivity contribution in [2.45, 2.75) is 175 Å². The summed E-state index contributed by atoms with van der Waals surface area (Å²) in [6.45, 7) is 15.3. The first-order chi connectivity index (χ1) is 15.7. The highest BCUT2D eigenvalue weighted by Gasteiger charge is 2.25. The van der Waals surface area contributed by atoms with E-state index in [2.05, 4.69) is 27.7 Å². The van der Waals surface area contributed by atoms with Crippen LogP contribution in [-0.2, 0) is 0 Å². The third-order valence-electron chi connectivity index (χ3n) is 7.69. The van der Waals surface area contributed by atoms with Gasteiger partial charge in [-0.15, -0.1) is 0 Å². The van der Waals surface area contributed by atoms with E-state index in [1.165, 1.54) is 178 Å². The highest BCUT2D eigenvalue weighted by molar-refractivity contribution is 4.55. The molecule has 0 aliphatic carbocycles. The van der Waals surface area contributed by atoms with Crippen molar-refractivity contribution < 1.29 is 16.9 Å². The molecule has 0 radical (unpaired) electrons. The van der Waals surface area contributed by atoms with Crippen LogP contribution < -0.4 is 12.4 Å². The van der Waals surface area contributed by atoms with Crippen LogP contribution in [-0.4, -0.2) is 30.7 Å². The van der Waals surface area contributed by atoms with Crippen molar-refractivity contribution in [3.63, 3.8) is 0 Å². The number of unbranched alkanes of at least 4 members (excludes halogenated alkanes) is 19. The maximum Gasteiger partial charge on any atom is 0.0786 e. The Kier molecular flexibility index (Phi) is 30.6. The minimum Gasteiger partial charge on any atom is -1.00 e. The van der Waals surface area contributed by atoms with Crippen molar-refractivity contribution in [3.05, 3.63) is 0 Å². The van der Waals surface area contributed by atoms with Crippen molar-refractivity contribution in [1.29, 1.82) is 0 Å². The third kappa shape index (κ3) is 23.7. The Labute approximate surface area is 218 Å². The molecule has 0 unspecified atom stereocenters. The predicted molar refractivity (Wildman–Crippen MR) is 149 cm³/mol. The summed E-state index contributed by atoms with van der Waals surface area (Å²) >= 11 is 0. The van der Waals surface area contributed by atoms with Gasteiger partial charge in [-0.3, -0.25) is 0 Å². The molecule has 0 rings (SSSR count). The summed E-state index contributed by atoms with van der Waals surface area (Å²) in [7, 11) is 0. The van der Waals surface area contributed by atoms with E-state index in [0.29, 0.717) is 0 Å².